The molecule has 0 aliphatic rings. The van der Waals surface area contributed by atoms with E-state index in [0.29, 0.717) is 12.1 Å². The van der Waals surface area contributed by atoms with Crippen molar-refractivity contribution in [2.45, 2.75) is 12.8 Å². The molecule has 0 N–H and O–H groups in total. The Kier molecular flexibility index (Phi) is 5.73. The number of nitrogens with zero attached hydrogens (tertiary/aromatic N) is 2. The number of benzene rings is 3. The molecule has 0 atom stereocenters. The number of carbonyl (C=O) groups excluding carboxylic acids is 1. The lowest BCUT2D eigenvalue weighted by Gasteiger charge is -2.20. The highest BCUT2D eigenvalue weighted by atomic mass is 16.1. The average molecular weight is 328 g/mol. The minimum atomic E-state index is 0.525. The predicted octanol–water partition coefficient (Wildman–Crippen LogP) is 5.01. The number of aryl methyl sites for hydroxylation is 1. The van der Waals surface area contributed by atoms with Crippen LogP contribution in [0.2, 0.25) is 0 Å². The Bertz CT molecular complexity index is 775. The second-order valence-corrected chi connectivity index (χ2v) is 5.68. The Balaban J connectivity index is 1.86. The van der Waals surface area contributed by atoms with Crippen LogP contribution in [0, 0.1) is 0 Å². The van der Waals surface area contributed by atoms with Crippen molar-refractivity contribution in [3.63, 3.8) is 0 Å². The van der Waals surface area contributed by atoms with E-state index in [4.69, 9.17) is 0 Å². The lowest BCUT2D eigenvalue weighted by atomic mass is 10.1. The first-order valence-electron chi connectivity index (χ1n) is 8.33. The molecule has 124 valence electrons. The summed E-state index contributed by atoms with van der Waals surface area (Å²) in [6.07, 6.45) is 2.24. The lowest BCUT2D eigenvalue weighted by Crippen LogP contribution is -2.14. The normalized spacial score (nSPS) is 11.1. The molecule has 3 rings (SSSR count). The molecule has 0 spiro atoms. The van der Waals surface area contributed by atoms with Crippen LogP contribution in [-0.4, -0.2) is 12.0 Å². The second kappa shape index (κ2) is 8.60. The smallest absolute Gasteiger partial charge is 0.166 e. The number of rotatable bonds is 7. The van der Waals surface area contributed by atoms with Crippen molar-refractivity contribution < 1.29 is 4.79 Å². The van der Waals surface area contributed by atoms with Crippen molar-refractivity contribution in [2.24, 2.45) is 5.10 Å². The average Bonchev–Trinajstić information content (AvgIpc) is 2.70. The van der Waals surface area contributed by atoms with E-state index in [9.17, 15) is 4.79 Å². The molecule has 3 nitrogen and oxygen atoms in total. The van der Waals surface area contributed by atoms with Crippen molar-refractivity contribution in [1.82, 2.24) is 0 Å². The van der Waals surface area contributed by atoms with Gasteiger partial charge in [0, 0.05) is 0 Å². The van der Waals surface area contributed by atoms with Gasteiger partial charge in [-0.05, 0) is 42.7 Å². The fourth-order valence-corrected chi connectivity index (χ4v) is 2.58. The van der Waals surface area contributed by atoms with Gasteiger partial charge in [-0.1, -0.05) is 66.7 Å². The Labute approximate surface area is 148 Å². The van der Waals surface area contributed by atoms with Crippen molar-refractivity contribution in [1.29, 1.82) is 0 Å². The van der Waals surface area contributed by atoms with Gasteiger partial charge in [0.1, 0.15) is 5.71 Å². The minimum absolute atomic E-state index is 0.525. The summed E-state index contributed by atoms with van der Waals surface area (Å²) in [5, 5.41) is 6.45. The van der Waals surface area contributed by atoms with Crippen LogP contribution in [-0.2, 0) is 11.2 Å². The molecule has 25 heavy (non-hydrogen) atoms. The highest BCUT2D eigenvalue weighted by molar-refractivity contribution is 6.28. The van der Waals surface area contributed by atoms with E-state index in [1.807, 2.05) is 83.9 Å². The second-order valence-electron chi connectivity index (χ2n) is 5.68. The summed E-state index contributed by atoms with van der Waals surface area (Å²) >= 11 is 0. The van der Waals surface area contributed by atoms with Crippen molar-refractivity contribution in [3.05, 3.63) is 96.6 Å². The Morgan fingerprint density at radius 1 is 0.760 bits per heavy atom. The highest BCUT2D eigenvalue weighted by Crippen LogP contribution is 2.25. The van der Waals surface area contributed by atoms with Crippen LogP contribution in [0.25, 0.3) is 0 Å². The largest absolute Gasteiger partial charge is 0.296 e. The highest BCUT2D eigenvalue weighted by Gasteiger charge is 2.09. The minimum Gasteiger partial charge on any atom is -0.296 e. The van der Waals surface area contributed by atoms with Gasteiger partial charge >= 0.3 is 0 Å². The molecule has 0 heterocycles. The topological polar surface area (TPSA) is 32.7 Å². The molecule has 0 radical (unpaired) electrons. The Morgan fingerprint density at radius 3 is 1.72 bits per heavy atom. The zero-order chi connectivity index (χ0) is 17.3. The summed E-state index contributed by atoms with van der Waals surface area (Å²) in [6.45, 7) is 0. The quantitative estimate of drug-likeness (QED) is 0.347. The fourth-order valence-electron chi connectivity index (χ4n) is 2.58. The molecule has 0 aliphatic carbocycles. The third kappa shape index (κ3) is 4.64. The molecule has 0 amide bonds. The van der Waals surface area contributed by atoms with Gasteiger partial charge < -0.3 is 0 Å². The van der Waals surface area contributed by atoms with E-state index < -0.39 is 0 Å². The molecule has 0 fully saturated rings. The summed E-state index contributed by atoms with van der Waals surface area (Å²) < 4.78 is 0. The van der Waals surface area contributed by atoms with E-state index in [1.165, 1.54) is 5.56 Å². The van der Waals surface area contributed by atoms with Gasteiger partial charge in [-0.15, -0.1) is 0 Å². The van der Waals surface area contributed by atoms with Crippen LogP contribution in [0.15, 0.2) is 96.1 Å². The third-order valence-electron chi connectivity index (χ3n) is 3.88. The standard InChI is InChI=1S/C22H20N2O/c25-18-20(17-16-19-10-4-1-5-11-19)23-24(21-12-6-2-7-13-21)22-14-8-3-9-15-22/h1-15,18H,16-17H2. The van der Waals surface area contributed by atoms with E-state index >= 15 is 0 Å². The van der Waals surface area contributed by atoms with E-state index in [2.05, 4.69) is 17.2 Å². The molecular weight excluding hydrogens is 308 g/mol. The fraction of sp³-hybridized carbons (Fsp3) is 0.0909. The molecule has 0 aromatic heterocycles. The van der Waals surface area contributed by atoms with E-state index in [0.717, 1.165) is 24.1 Å². The number of anilines is 2. The monoisotopic (exact) mass is 328 g/mol. The van der Waals surface area contributed by atoms with Gasteiger partial charge in [0.15, 0.2) is 6.29 Å². The van der Waals surface area contributed by atoms with Crippen LogP contribution in [0.5, 0.6) is 0 Å². The van der Waals surface area contributed by atoms with Gasteiger partial charge in [0.05, 0.1) is 11.4 Å². The maximum Gasteiger partial charge on any atom is 0.166 e. The summed E-state index contributed by atoms with van der Waals surface area (Å²) in [4.78, 5) is 11.6. The molecule has 0 saturated carbocycles. The predicted molar refractivity (Wildman–Crippen MR) is 103 cm³/mol. The lowest BCUT2D eigenvalue weighted by molar-refractivity contribution is -0.102. The molecule has 3 aromatic rings. The van der Waals surface area contributed by atoms with Crippen LogP contribution < -0.4 is 5.01 Å². The van der Waals surface area contributed by atoms with Gasteiger partial charge in [0.2, 0.25) is 0 Å². The van der Waals surface area contributed by atoms with Crippen molar-refractivity contribution in [3.8, 4) is 0 Å². The first kappa shape index (κ1) is 16.7. The van der Waals surface area contributed by atoms with E-state index in [-0.39, 0.29) is 0 Å². The molecule has 0 unspecified atom stereocenters. The van der Waals surface area contributed by atoms with Gasteiger partial charge in [-0.3, -0.25) is 4.79 Å². The van der Waals surface area contributed by atoms with E-state index in [1.54, 1.807) is 0 Å². The van der Waals surface area contributed by atoms with Crippen molar-refractivity contribution >= 4 is 23.4 Å². The maximum atomic E-state index is 11.6. The first-order valence-corrected chi connectivity index (χ1v) is 8.33. The van der Waals surface area contributed by atoms with Crippen LogP contribution in [0.4, 0.5) is 11.4 Å². The number of aldehydes is 1. The summed E-state index contributed by atoms with van der Waals surface area (Å²) in [5.41, 5.74) is 3.57. The number of carbonyl (C=O) groups is 1. The van der Waals surface area contributed by atoms with Crippen LogP contribution >= 0.6 is 0 Å². The Hall–Kier alpha value is -3.20. The third-order valence-corrected chi connectivity index (χ3v) is 3.88. The SMILES string of the molecule is O=CC(CCc1ccccc1)=NN(c1ccccc1)c1ccccc1. The van der Waals surface area contributed by atoms with Gasteiger partial charge in [-0.2, -0.15) is 5.10 Å². The molecule has 3 heteroatoms. The molecule has 0 bridgehead atoms. The molecular formula is C22H20N2O. The summed E-state index contributed by atoms with van der Waals surface area (Å²) in [6, 6.07) is 29.8. The zero-order valence-electron chi connectivity index (χ0n) is 14.0. The number of hydrazone groups is 1. The molecule has 3 aromatic carbocycles. The number of hydrogen-bond donors (Lipinski definition) is 0. The molecule has 0 saturated heterocycles. The number of hydrogen-bond acceptors (Lipinski definition) is 3. The summed E-state index contributed by atoms with van der Waals surface area (Å²) in [5.74, 6) is 0. The summed E-state index contributed by atoms with van der Waals surface area (Å²) in [7, 11) is 0. The Morgan fingerprint density at radius 2 is 1.24 bits per heavy atom. The molecule has 0 aliphatic heterocycles. The number of para-hydroxylation sites is 2. The van der Waals surface area contributed by atoms with Crippen molar-refractivity contribution in [2.75, 3.05) is 5.01 Å². The maximum absolute atomic E-state index is 11.6. The zero-order valence-corrected chi connectivity index (χ0v) is 14.0. The van der Waals surface area contributed by atoms with Crippen LogP contribution in [0.3, 0.4) is 0 Å². The first-order chi connectivity index (χ1) is 12.4. The van der Waals surface area contributed by atoms with Crippen LogP contribution in [0.1, 0.15) is 12.0 Å². The van der Waals surface area contributed by atoms with Gasteiger partial charge in [-0.25, -0.2) is 5.01 Å². The van der Waals surface area contributed by atoms with Gasteiger partial charge in [0.25, 0.3) is 0 Å².